The molecule has 2 heteroatoms. The van der Waals surface area contributed by atoms with E-state index < -0.39 is 13.8 Å². The van der Waals surface area contributed by atoms with Gasteiger partial charge in [0.2, 0.25) is 0 Å². The Bertz CT molecular complexity index is 359. The number of benzene rings is 1. The third-order valence-electron chi connectivity index (χ3n) is 2.32. The fourth-order valence-corrected chi connectivity index (χ4v) is 3.27. The van der Waals surface area contributed by atoms with Gasteiger partial charge in [0.15, 0.2) is 0 Å². The molecule has 1 aromatic rings. The first-order chi connectivity index (χ1) is 6.45. The highest BCUT2D eigenvalue weighted by Crippen LogP contribution is 2.36. The fourth-order valence-electron chi connectivity index (χ4n) is 1.72. The molecule has 1 heterocycles. The maximum absolute atomic E-state index is 8.45. The third kappa shape index (κ3) is 1.56. The van der Waals surface area contributed by atoms with Crippen LogP contribution >= 0.6 is 0 Å². The molecule has 0 spiro atoms. The summed E-state index contributed by atoms with van der Waals surface area (Å²) in [6.45, 7) is 7.15. The average Bonchev–Trinajstić information content (AvgIpc) is 2.45. The van der Waals surface area contributed by atoms with Gasteiger partial charge in [-0.2, -0.15) is 0 Å². The molecule has 0 fully saturated rings. The van der Waals surface area contributed by atoms with Crippen LogP contribution in [0.1, 0.15) is 18.2 Å². The number of ether oxygens (including phenoxy) is 1. The van der Waals surface area contributed by atoms with Crippen molar-refractivity contribution in [3.63, 3.8) is 0 Å². The van der Waals surface area contributed by atoms with Crippen molar-refractivity contribution in [3.05, 3.63) is 35.4 Å². The van der Waals surface area contributed by atoms with Crippen LogP contribution in [0.3, 0.4) is 0 Å². The highest BCUT2D eigenvalue weighted by Gasteiger charge is 2.34. The summed E-state index contributed by atoms with van der Waals surface area (Å²) in [6, 6.07) is 8.11. The van der Waals surface area contributed by atoms with Gasteiger partial charge in [-0.15, -0.1) is 0 Å². The monoisotopic (exact) mass is 193 g/mol. The van der Waals surface area contributed by atoms with Crippen LogP contribution in [0.15, 0.2) is 24.3 Å². The van der Waals surface area contributed by atoms with Gasteiger partial charge >= 0.3 is 0 Å². The first kappa shape index (κ1) is 7.77. The second kappa shape index (κ2) is 2.96. The molecular formula is C11H16OSi. The van der Waals surface area contributed by atoms with Gasteiger partial charge in [-0.25, -0.2) is 0 Å². The van der Waals surface area contributed by atoms with E-state index in [1.807, 2.05) is 18.2 Å². The molecule has 1 nitrogen and oxygen atoms in total. The molecule has 0 N–H and O–H groups in total. The summed E-state index contributed by atoms with van der Waals surface area (Å²) in [4.78, 5) is 0. The molecular weight excluding hydrogens is 176 g/mol. The largest absolute Gasteiger partial charge is 0.372 e. The maximum atomic E-state index is 8.45. The number of rotatable bonds is 1. The summed E-state index contributed by atoms with van der Waals surface area (Å²) >= 11 is 0. The standard InChI is InChI=1S/C11H16OSi/c1-13(2,3)11-10-7-5-4-6-9(10)8-12-11/h4-7,11H,8H2,1-3H3/t11-/m0/s1/i11D. The van der Waals surface area contributed by atoms with E-state index in [2.05, 4.69) is 25.7 Å². The zero-order valence-electron chi connectivity index (χ0n) is 9.42. The molecule has 1 atom stereocenters. The van der Waals surface area contributed by atoms with Crippen molar-refractivity contribution >= 4 is 8.07 Å². The lowest BCUT2D eigenvalue weighted by Gasteiger charge is -2.24. The van der Waals surface area contributed by atoms with Crippen molar-refractivity contribution in [1.29, 1.82) is 0 Å². The predicted octanol–water partition coefficient (Wildman–Crippen LogP) is 3.14. The maximum Gasteiger partial charge on any atom is 0.0842 e. The summed E-state index contributed by atoms with van der Waals surface area (Å²) in [7, 11) is -1.66. The van der Waals surface area contributed by atoms with Crippen molar-refractivity contribution in [2.45, 2.75) is 32.0 Å². The van der Waals surface area contributed by atoms with E-state index in [4.69, 9.17) is 6.11 Å². The normalized spacial score (nSPS) is 28.4. The predicted molar refractivity (Wildman–Crippen MR) is 57.3 cm³/mol. The SMILES string of the molecule is [2H][C@@]1([Si](C)(C)C)OCc2ccccc21. The van der Waals surface area contributed by atoms with Gasteiger partial charge < -0.3 is 4.74 Å². The van der Waals surface area contributed by atoms with Crippen LogP contribution in [-0.4, -0.2) is 8.07 Å². The van der Waals surface area contributed by atoms with E-state index in [0.29, 0.717) is 6.61 Å². The fraction of sp³-hybridized carbons (Fsp3) is 0.455. The molecule has 0 radical (unpaired) electrons. The van der Waals surface area contributed by atoms with Gasteiger partial charge in [-0.3, -0.25) is 0 Å². The van der Waals surface area contributed by atoms with Crippen LogP contribution in [0.5, 0.6) is 0 Å². The van der Waals surface area contributed by atoms with Gasteiger partial charge in [-0.1, -0.05) is 43.9 Å². The number of fused-ring (bicyclic) bond motifs is 1. The molecule has 0 amide bonds. The Hall–Kier alpha value is -0.603. The molecule has 0 unspecified atom stereocenters. The van der Waals surface area contributed by atoms with E-state index in [1.54, 1.807) is 0 Å². The Balaban J connectivity index is 2.53. The summed E-state index contributed by atoms with van der Waals surface area (Å²) in [5, 5.41) is 0. The molecule has 0 aromatic heterocycles. The average molecular weight is 193 g/mol. The third-order valence-corrected chi connectivity index (χ3v) is 4.09. The topological polar surface area (TPSA) is 9.23 Å². The van der Waals surface area contributed by atoms with Crippen LogP contribution in [-0.2, 0) is 11.3 Å². The first-order valence-corrected chi connectivity index (χ1v) is 8.17. The van der Waals surface area contributed by atoms with Crippen molar-refractivity contribution < 1.29 is 6.11 Å². The van der Waals surface area contributed by atoms with Crippen molar-refractivity contribution in [2.24, 2.45) is 0 Å². The van der Waals surface area contributed by atoms with Crippen molar-refractivity contribution in [2.75, 3.05) is 0 Å². The summed E-state index contributed by atoms with van der Waals surface area (Å²) in [6.07, 6.45) is 0. The van der Waals surface area contributed by atoms with Gasteiger partial charge in [0, 0.05) is 0 Å². The Morgan fingerprint density at radius 2 is 2.08 bits per heavy atom. The minimum absolute atomic E-state index is 0.601. The molecule has 1 aliphatic heterocycles. The molecule has 13 heavy (non-hydrogen) atoms. The van der Waals surface area contributed by atoms with Gasteiger partial charge in [0.05, 0.1) is 21.8 Å². The molecule has 0 saturated heterocycles. The number of hydrogen-bond acceptors (Lipinski definition) is 1. The van der Waals surface area contributed by atoms with Gasteiger partial charge in [-0.05, 0) is 11.1 Å². The Labute approximate surface area is 82.1 Å². The van der Waals surface area contributed by atoms with Gasteiger partial charge in [0.1, 0.15) is 0 Å². The summed E-state index contributed by atoms with van der Waals surface area (Å²) in [5.41, 5.74) is 1.52. The Morgan fingerprint density at radius 3 is 2.77 bits per heavy atom. The molecule has 1 aromatic carbocycles. The van der Waals surface area contributed by atoms with Crippen molar-refractivity contribution in [3.8, 4) is 0 Å². The lowest BCUT2D eigenvalue weighted by molar-refractivity contribution is 0.114. The summed E-state index contributed by atoms with van der Waals surface area (Å²) in [5.74, 6) is 0. The van der Waals surface area contributed by atoms with E-state index in [-0.39, 0.29) is 0 Å². The molecule has 0 saturated carbocycles. The molecule has 0 aliphatic carbocycles. The molecule has 0 bridgehead atoms. The number of hydrogen-bond donors (Lipinski definition) is 0. The van der Waals surface area contributed by atoms with Crippen molar-refractivity contribution in [1.82, 2.24) is 0 Å². The van der Waals surface area contributed by atoms with Gasteiger partial charge in [0.25, 0.3) is 0 Å². The van der Waals surface area contributed by atoms with E-state index in [1.165, 1.54) is 5.56 Å². The van der Waals surface area contributed by atoms with Crippen LogP contribution in [0.4, 0.5) is 0 Å². The molecule has 1 aliphatic rings. The minimum Gasteiger partial charge on any atom is -0.372 e. The zero-order valence-corrected chi connectivity index (χ0v) is 9.42. The van der Waals surface area contributed by atoms with E-state index >= 15 is 0 Å². The van der Waals surface area contributed by atoms with Crippen LogP contribution in [0.25, 0.3) is 0 Å². The lowest BCUT2D eigenvalue weighted by atomic mass is 10.1. The Morgan fingerprint density at radius 1 is 1.38 bits per heavy atom. The zero-order chi connectivity index (χ0) is 10.4. The second-order valence-electron chi connectivity index (χ2n) is 4.52. The van der Waals surface area contributed by atoms with Crippen LogP contribution in [0, 0.1) is 0 Å². The summed E-state index contributed by atoms with van der Waals surface area (Å²) < 4.78 is 14.2. The first-order valence-electron chi connectivity index (χ1n) is 5.17. The second-order valence-corrected chi connectivity index (χ2v) is 9.48. The lowest BCUT2D eigenvalue weighted by Crippen LogP contribution is -2.30. The van der Waals surface area contributed by atoms with Crippen LogP contribution < -0.4 is 0 Å². The molecule has 2 rings (SSSR count). The van der Waals surface area contributed by atoms with E-state index in [9.17, 15) is 0 Å². The Kier molecular flexibility index (Phi) is 1.77. The smallest absolute Gasteiger partial charge is 0.0842 e. The van der Waals surface area contributed by atoms with Crippen LogP contribution in [0.2, 0.25) is 19.6 Å². The molecule has 70 valence electrons. The highest BCUT2D eigenvalue weighted by molar-refractivity contribution is 6.77. The van der Waals surface area contributed by atoms with E-state index in [0.717, 1.165) is 5.56 Å². The minimum atomic E-state index is -1.66. The quantitative estimate of drug-likeness (QED) is 0.623. The highest BCUT2D eigenvalue weighted by atomic mass is 28.3.